The van der Waals surface area contributed by atoms with E-state index in [0.29, 0.717) is 17.5 Å². The maximum absolute atomic E-state index is 8.00. The van der Waals surface area contributed by atoms with Gasteiger partial charge in [0.25, 0.3) is 0 Å². The minimum Gasteiger partial charge on any atom is -0.309 e. The zero-order chi connectivity index (χ0) is 42.4. The SMILES string of the molecule is [C-]#[N+]c1ccc2c(c1)C1(c3ccccc3-2)c2ccccc2-c2ccc(-c3ccc4c(c3)c3ccccc3n4-c3cc(C(CC)CCCCC)cc(C(CC)CCCCC)c3)cc21. The minimum atomic E-state index is -0.503. The molecule has 2 aliphatic carbocycles. The summed E-state index contributed by atoms with van der Waals surface area (Å²) < 4.78 is 2.56. The Bertz CT molecular complexity index is 2960. The molecule has 2 heteroatoms. The van der Waals surface area contributed by atoms with E-state index in [1.165, 1.54) is 158 Å². The van der Waals surface area contributed by atoms with Crippen LogP contribution in [0.25, 0.3) is 65.7 Å². The lowest BCUT2D eigenvalue weighted by Gasteiger charge is -2.31. The predicted molar refractivity (Wildman–Crippen MR) is 263 cm³/mol. The minimum absolute atomic E-state index is 0.503. The van der Waals surface area contributed by atoms with Crippen molar-refractivity contribution in [1.82, 2.24) is 4.57 Å². The number of rotatable bonds is 14. The molecule has 3 atom stereocenters. The molecule has 1 aromatic heterocycles. The smallest absolute Gasteiger partial charge is 0.187 e. The summed E-state index contributed by atoms with van der Waals surface area (Å²) in [5.74, 6) is 1.13. The summed E-state index contributed by atoms with van der Waals surface area (Å²) in [6.07, 6.45) is 12.5. The van der Waals surface area contributed by atoms with Crippen molar-refractivity contribution in [2.45, 2.75) is 109 Å². The van der Waals surface area contributed by atoms with Gasteiger partial charge in [0, 0.05) is 16.5 Å². The fourth-order valence-corrected chi connectivity index (χ4v) is 11.6. The summed E-state index contributed by atoms with van der Waals surface area (Å²) >= 11 is 0. The van der Waals surface area contributed by atoms with Gasteiger partial charge >= 0.3 is 0 Å². The number of benzene rings is 7. The molecule has 8 aromatic rings. The van der Waals surface area contributed by atoms with Gasteiger partial charge in [0.2, 0.25) is 0 Å². The number of hydrogen-bond acceptors (Lipinski definition) is 0. The second kappa shape index (κ2) is 16.6. The number of fused-ring (bicyclic) bond motifs is 13. The van der Waals surface area contributed by atoms with Gasteiger partial charge in [-0.25, -0.2) is 4.85 Å². The molecule has 62 heavy (non-hydrogen) atoms. The van der Waals surface area contributed by atoms with Crippen LogP contribution in [0.2, 0.25) is 0 Å². The van der Waals surface area contributed by atoms with E-state index < -0.39 is 5.41 Å². The van der Waals surface area contributed by atoms with Gasteiger partial charge in [-0.3, -0.25) is 0 Å². The average molecular weight is 807 g/mol. The molecule has 1 spiro atoms. The third-order valence-electron chi connectivity index (χ3n) is 14.7. The summed E-state index contributed by atoms with van der Waals surface area (Å²) in [5, 5.41) is 2.57. The first-order valence-electron chi connectivity index (χ1n) is 23.6. The Hall–Kier alpha value is -6.17. The van der Waals surface area contributed by atoms with E-state index in [2.05, 4.69) is 177 Å². The number of nitrogens with zero attached hydrogens (tertiary/aromatic N) is 2. The van der Waals surface area contributed by atoms with E-state index in [4.69, 9.17) is 6.57 Å². The van der Waals surface area contributed by atoms with Gasteiger partial charge in [0.1, 0.15) is 0 Å². The monoisotopic (exact) mass is 806 g/mol. The fourth-order valence-electron chi connectivity index (χ4n) is 11.6. The van der Waals surface area contributed by atoms with E-state index in [-0.39, 0.29) is 0 Å². The highest BCUT2D eigenvalue weighted by Gasteiger charge is 2.51. The highest BCUT2D eigenvalue weighted by Crippen LogP contribution is 2.63. The van der Waals surface area contributed by atoms with Gasteiger partial charge in [-0.1, -0.05) is 175 Å². The molecule has 0 amide bonds. The molecule has 3 unspecified atom stereocenters. The van der Waals surface area contributed by atoms with E-state index in [0.717, 1.165) is 0 Å². The van der Waals surface area contributed by atoms with Crippen molar-refractivity contribution in [3.8, 4) is 39.1 Å². The van der Waals surface area contributed by atoms with Gasteiger partial charge in [-0.2, -0.15) is 0 Å². The Labute approximate surface area is 369 Å². The van der Waals surface area contributed by atoms with Crippen molar-refractivity contribution in [1.29, 1.82) is 0 Å². The van der Waals surface area contributed by atoms with Crippen molar-refractivity contribution in [2.24, 2.45) is 0 Å². The van der Waals surface area contributed by atoms with Crippen LogP contribution in [0.4, 0.5) is 5.69 Å². The van der Waals surface area contributed by atoms with Crippen LogP contribution in [0.1, 0.15) is 137 Å². The summed E-state index contributed by atoms with van der Waals surface area (Å²) in [4.78, 5) is 3.93. The number of aromatic nitrogens is 1. The first-order valence-corrected chi connectivity index (χ1v) is 23.6. The Morgan fingerprint density at radius 2 is 1.02 bits per heavy atom. The lowest BCUT2D eigenvalue weighted by Crippen LogP contribution is -2.25. The zero-order valence-corrected chi connectivity index (χ0v) is 37.0. The number of para-hydroxylation sites is 1. The third-order valence-corrected chi connectivity index (χ3v) is 14.7. The Morgan fingerprint density at radius 1 is 0.484 bits per heavy atom. The number of hydrogen-bond donors (Lipinski definition) is 0. The van der Waals surface area contributed by atoms with Crippen molar-refractivity contribution in [3.05, 3.63) is 190 Å². The van der Waals surface area contributed by atoms with Crippen LogP contribution in [0, 0.1) is 6.57 Å². The van der Waals surface area contributed by atoms with Crippen molar-refractivity contribution >= 4 is 27.5 Å². The van der Waals surface area contributed by atoms with E-state index in [1.807, 2.05) is 6.07 Å². The van der Waals surface area contributed by atoms with E-state index in [9.17, 15) is 0 Å². The van der Waals surface area contributed by atoms with Crippen LogP contribution in [-0.4, -0.2) is 4.57 Å². The van der Waals surface area contributed by atoms with Gasteiger partial charge in [-0.15, -0.1) is 0 Å². The standard InChI is InChI=1S/C60H58N2/c1-6-10-12-20-40(8-3)44-34-45(41(9-4)21-13-11-7-2)36-47(35-44)62-58-27-19-16-24-52(58)53-37-42(29-33-59(53)62)43-28-31-50-48-22-14-17-25-54(48)60(56(50)38-43)55-26-18-15-23-49(55)51-32-30-46(61-5)39-57(51)60/h14-19,22-41H,6-13,20-21H2,1-4H3. The topological polar surface area (TPSA) is 9.29 Å². The summed E-state index contributed by atoms with van der Waals surface area (Å²) in [7, 11) is 0. The fraction of sp³-hybridized carbons (Fsp3) is 0.283. The molecule has 0 saturated carbocycles. The Balaban J connectivity index is 1.14. The Kier molecular flexibility index (Phi) is 10.7. The molecule has 308 valence electrons. The van der Waals surface area contributed by atoms with Gasteiger partial charge in [0.05, 0.1) is 23.0 Å². The highest BCUT2D eigenvalue weighted by atomic mass is 15.0. The maximum Gasteiger partial charge on any atom is 0.187 e. The lowest BCUT2D eigenvalue weighted by atomic mass is 9.70. The van der Waals surface area contributed by atoms with Crippen LogP contribution >= 0.6 is 0 Å². The summed E-state index contributed by atoms with van der Waals surface area (Å²) in [6, 6.07) is 55.2. The molecule has 7 aromatic carbocycles. The van der Waals surface area contributed by atoms with E-state index in [1.54, 1.807) is 0 Å². The van der Waals surface area contributed by atoms with Gasteiger partial charge < -0.3 is 4.57 Å². The van der Waals surface area contributed by atoms with Crippen LogP contribution in [0.5, 0.6) is 0 Å². The molecular formula is C60H58N2. The summed E-state index contributed by atoms with van der Waals surface area (Å²) in [6.45, 7) is 17.4. The van der Waals surface area contributed by atoms with Crippen LogP contribution in [0.3, 0.4) is 0 Å². The first kappa shape index (κ1) is 39.9. The molecule has 0 N–H and O–H groups in total. The van der Waals surface area contributed by atoms with Crippen molar-refractivity contribution in [2.75, 3.05) is 0 Å². The lowest BCUT2D eigenvalue weighted by molar-refractivity contribution is 0.542. The normalized spacial score (nSPS) is 15.7. The Morgan fingerprint density at radius 3 is 1.65 bits per heavy atom. The quantitative estimate of drug-likeness (QED) is 0.0765. The molecule has 0 aliphatic heterocycles. The molecule has 0 saturated heterocycles. The van der Waals surface area contributed by atoms with Gasteiger partial charge in [0.15, 0.2) is 5.69 Å². The average Bonchev–Trinajstić information content (AvgIpc) is 3.92. The largest absolute Gasteiger partial charge is 0.309 e. The van der Waals surface area contributed by atoms with Crippen molar-refractivity contribution < 1.29 is 0 Å². The van der Waals surface area contributed by atoms with Crippen LogP contribution in [-0.2, 0) is 5.41 Å². The highest BCUT2D eigenvalue weighted by molar-refractivity contribution is 6.10. The number of unbranched alkanes of at least 4 members (excludes halogenated alkanes) is 4. The van der Waals surface area contributed by atoms with Crippen LogP contribution in [0.15, 0.2) is 146 Å². The first-order chi connectivity index (χ1) is 30.5. The summed E-state index contributed by atoms with van der Waals surface area (Å²) in [5.41, 5.74) is 19.6. The molecule has 0 radical (unpaired) electrons. The van der Waals surface area contributed by atoms with E-state index >= 15 is 0 Å². The maximum atomic E-state index is 8.00. The zero-order valence-electron chi connectivity index (χ0n) is 37.0. The molecule has 1 heterocycles. The predicted octanol–water partition coefficient (Wildman–Crippen LogP) is 17.5. The third kappa shape index (κ3) is 6.35. The molecular weight excluding hydrogens is 749 g/mol. The molecule has 2 aliphatic rings. The van der Waals surface area contributed by atoms with Crippen LogP contribution < -0.4 is 0 Å². The molecule has 0 fully saturated rings. The van der Waals surface area contributed by atoms with Crippen molar-refractivity contribution in [3.63, 3.8) is 0 Å². The second-order valence-electron chi connectivity index (χ2n) is 18.1. The molecule has 2 nitrogen and oxygen atoms in total. The van der Waals surface area contributed by atoms with Gasteiger partial charge in [-0.05, 0) is 141 Å². The molecule has 0 bridgehead atoms. The second-order valence-corrected chi connectivity index (χ2v) is 18.1. The molecule has 10 rings (SSSR count).